The molecule has 5 heterocycles. The summed E-state index contributed by atoms with van der Waals surface area (Å²) in [4.78, 5) is 30.1. The van der Waals surface area contributed by atoms with Crippen molar-refractivity contribution in [2.45, 2.75) is 23.8 Å². The molecule has 0 radical (unpaired) electrons. The van der Waals surface area contributed by atoms with Crippen LogP contribution in [0.2, 0.25) is 0 Å². The third-order valence-electron chi connectivity index (χ3n) is 5.11. The Morgan fingerprint density at radius 3 is 2.79 bits per heavy atom. The van der Waals surface area contributed by atoms with Crippen LogP contribution in [-0.4, -0.2) is 47.8 Å². The summed E-state index contributed by atoms with van der Waals surface area (Å²) in [5, 5.41) is 4.46. The van der Waals surface area contributed by atoms with E-state index in [9.17, 15) is 4.79 Å². The van der Waals surface area contributed by atoms with E-state index in [4.69, 9.17) is 4.98 Å². The van der Waals surface area contributed by atoms with Gasteiger partial charge in [-0.1, -0.05) is 22.6 Å². The highest BCUT2D eigenvalue weighted by Gasteiger charge is 2.32. The third kappa shape index (κ3) is 2.93. The van der Waals surface area contributed by atoms with Crippen LogP contribution in [0.25, 0.3) is 11.4 Å². The summed E-state index contributed by atoms with van der Waals surface area (Å²) in [5.41, 5.74) is 2.47. The molecule has 5 rings (SSSR count). The molecule has 1 unspecified atom stereocenters. The van der Waals surface area contributed by atoms with Crippen LogP contribution in [0.3, 0.4) is 0 Å². The molecule has 9 heteroatoms. The molecule has 0 bridgehead atoms. The average molecular weight is 487 g/mol. The first-order valence-corrected chi connectivity index (χ1v) is 10.4. The van der Waals surface area contributed by atoms with Crippen LogP contribution < -0.4 is 9.80 Å². The molecule has 0 saturated carbocycles. The molecule has 0 N–H and O–H groups in total. The van der Waals surface area contributed by atoms with Crippen LogP contribution in [0.1, 0.15) is 17.9 Å². The van der Waals surface area contributed by atoms with Crippen molar-refractivity contribution in [2.75, 3.05) is 22.9 Å². The van der Waals surface area contributed by atoms with Gasteiger partial charge in [0.05, 0.1) is 24.1 Å². The number of amides is 1. The molecule has 1 atom stereocenters. The fourth-order valence-electron chi connectivity index (χ4n) is 3.64. The van der Waals surface area contributed by atoms with Gasteiger partial charge in [-0.2, -0.15) is 4.68 Å². The quantitative estimate of drug-likeness (QED) is 0.418. The highest BCUT2D eigenvalue weighted by atomic mass is 127. The number of carbonyl (C=O) groups excluding carboxylic acids is 1. The molecule has 1 amide bonds. The predicted octanol–water partition coefficient (Wildman–Crippen LogP) is 3.05. The van der Waals surface area contributed by atoms with Crippen molar-refractivity contribution in [1.82, 2.24) is 24.7 Å². The lowest BCUT2D eigenvalue weighted by Crippen LogP contribution is -2.26. The minimum Gasteiger partial charge on any atom is -0.356 e. The van der Waals surface area contributed by atoms with E-state index in [2.05, 4.69) is 42.6 Å². The van der Waals surface area contributed by atoms with Crippen molar-refractivity contribution in [1.29, 1.82) is 0 Å². The van der Waals surface area contributed by atoms with E-state index in [1.165, 1.54) is 11.1 Å². The Labute approximate surface area is 175 Å². The molecule has 28 heavy (non-hydrogen) atoms. The van der Waals surface area contributed by atoms with E-state index in [0.29, 0.717) is 22.1 Å². The van der Waals surface area contributed by atoms with E-state index in [0.717, 1.165) is 35.9 Å². The molecule has 8 nitrogen and oxygen atoms in total. The Kier molecular flexibility index (Phi) is 4.26. The lowest BCUT2D eigenvalue weighted by Gasteiger charge is -2.17. The first-order chi connectivity index (χ1) is 13.6. The van der Waals surface area contributed by atoms with E-state index in [1.807, 2.05) is 25.1 Å². The standard InChI is InChI=1S/C19H18IN7O/c1-12-15(4-5-16(22-12)25-8-6-13(20)10-25)18-23-17-11-26(19(28)27(17)24-18)14-3-2-7-21-9-14/h2-5,7,9,13H,6,8,10-11H2,1H3. The molecule has 142 valence electrons. The topological polar surface area (TPSA) is 80.0 Å². The van der Waals surface area contributed by atoms with E-state index >= 15 is 0 Å². The second-order valence-corrected chi connectivity index (χ2v) is 8.74. The Bertz CT molecular complexity index is 1050. The number of rotatable bonds is 3. The van der Waals surface area contributed by atoms with Crippen molar-refractivity contribution in [3.8, 4) is 11.4 Å². The number of halogens is 1. The van der Waals surface area contributed by atoms with Gasteiger partial charge in [-0.25, -0.2) is 14.8 Å². The van der Waals surface area contributed by atoms with E-state index in [1.54, 1.807) is 23.4 Å². The fourth-order valence-corrected chi connectivity index (χ4v) is 4.39. The number of fused-ring (bicyclic) bond motifs is 1. The Morgan fingerprint density at radius 2 is 2.11 bits per heavy atom. The first kappa shape index (κ1) is 17.5. The highest BCUT2D eigenvalue weighted by molar-refractivity contribution is 14.1. The van der Waals surface area contributed by atoms with Gasteiger partial charge in [-0.05, 0) is 37.6 Å². The van der Waals surface area contributed by atoms with Crippen LogP contribution in [0, 0.1) is 6.92 Å². The lowest BCUT2D eigenvalue weighted by molar-refractivity contribution is 0.248. The molecule has 0 aromatic carbocycles. The molecule has 2 aliphatic rings. The summed E-state index contributed by atoms with van der Waals surface area (Å²) in [6, 6.07) is 7.47. The summed E-state index contributed by atoms with van der Waals surface area (Å²) in [5.74, 6) is 2.16. The van der Waals surface area contributed by atoms with Crippen molar-refractivity contribution in [3.63, 3.8) is 0 Å². The predicted molar refractivity (Wildman–Crippen MR) is 114 cm³/mol. The average Bonchev–Trinajstić information content (AvgIpc) is 3.39. The zero-order valence-corrected chi connectivity index (χ0v) is 17.4. The molecular weight excluding hydrogens is 469 g/mol. The Balaban J connectivity index is 1.41. The maximum atomic E-state index is 12.7. The molecular formula is C19H18IN7O. The van der Waals surface area contributed by atoms with Crippen molar-refractivity contribution >= 4 is 40.1 Å². The molecule has 3 aromatic heterocycles. The first-order valence-electron chi connectivity index (χ1n) is 9.15. The SMILES string of the molecule is Cc1nc(N2CCC(I)C2)ccc1-c1nc2n(n1)C(=O)N(c1cccnc1)C2. The molecule has 1 fully saturated rings. The van der Waals surface area contributed by atoms with Gasteiger partial charge < -0.3 is 4.90 Å². The normalized spacial score (nSPS) is 18.8. The van der Waals surface area contributed by atoms with Crippen LogP contribution >= 0.6 is 22.6 Å². The van der Waals surface area contributed by atoms with Gasteiger partial charge in [0.25, 0.3) is 0 Å². The van der Waals surface area contributed by atoms with E-state index < -0.39 is 0 Å². The highest BCUT2D eigenvalue weighted by Crippen LogP contribution is 2.28. The number of anilines is 2. The van der Waals surface area contributed by atoms with Gasteiger partial charge in [0.1, 0.15) is 5.82 Å². The van der Waals surface area contributed by atoms with Gasteiger partial charge in [0, 0.05) is 28.8 Å². The van der Waals surface area contributed by atoms with Gasteiger partial charge in [-0.15, -0.1) is 5.10 Å². The smallest absolute Gasteiger partial charge is 0.351 e. The van der Waals surface area contributed by atoms with Crippen LogP contribution in [0.5, 0.6) is 0 Å². The second-order valence-electron chi connectivity index (χ2n) is 6.98. The van der Waals surface area contributed by atoms with Gasteiger partial charge in [-0.3, -0.25) is 9.88 Å². The molecule has 0 spiro atoms. The van der Waals surface area contributed by atoms with Crippen LogP contribution in [0.15, 0.2) is 36.7 Å². The Hall–Kier alpha value is -2.56. The zero-order chi connectivity index (χ0) is 19.3. The van der Waals surface area contributed by atoms with Crippen molar-refractivity contribution in [2.24, 2.45) is 0 Å². The maximum Gasteiger partial charge on any atom is 0.351 e. The molecule has 1 saturated heterocycles. The van der Waals surface area contributed by atoms with Crippen molar-refractivity contribution < 1.29 is 4.79 Å². The van der Waals surface area contributed by atoms with Gasteiger partial charge >= 0.3 is 6.03 Å². The van der Waals surface area contributed by atoms with Crippen LogP contribution in [-0.2, 0) is 6.54 Å². The maximum absolute atomic E-state index is 12.7. The largest absolute Gasteiger partial charge is 0.356 e. The summed E-state index contributed by atoms with van der Waals surface area (Å²) in [7, 11) is 0. The number of carbonyl (C=O) groups is 1. The zero-order valence-electron chi connectivity index (χ0n) is 15.3. The number of aromatic nitrogens is 5. The molecule has 3 aromatic rings. The summed E-state index contributed by atoms with van der Waals surface area (Å²) in [6.07, 6.45) is 4.53. The summed E-state index contributed by atoms with van der Waals surface area (Å²) < 4.78 is 2.04. The fraction of sp³-hybridized carbons (Fsp3) is 0.316. The third-order valence-corrected chi connectivity index (χ3v) is 6.13. The van der Waals surface area contributed by atoms with Gasteiger partial charge in [0.15, 0.2) is 11.6 Å². The number of nitrogens with zero attached hydrogens (tertiary/aromatic N) is 7. The number of alkyl halides is 1. The molecule has 2 aliphatic heterocycles. The molecule has 0 aliphatic carbocycles. The van der Waals surface area contributed by atoms with E-state index in [-0.39, 0.29) is 6.03 Å². The summed E-state index contributed by atoms with van der Waals surface area (Å²) in [6.45, 7) is 4.41. The van der Waals surface area contributed by atoms with Crippen LogP contribution in [0.4, 0.5) is 16.3 Å². The monoisotopic (exact) mass is 487 g/mol. The minimum absolute atomic E-state index is 0.214. The Morgan fingerprint density at radius 1 is 1.21 bits per heavy atom. The number of pyridine rings is 2. The summed E-state index contributed by atoms with van der Waals surface area (Å²) >= 11 is 2.49. The lowest BCUT2D eigenvalue weighted by atomic mass is 10.2. The minimum atomic E-state index is -0.214. The van der Waals surface area contributed by atoms with Gasteiger partial charge in [0.2, 0.25) is 0 Å². The second kappa shape index (κ2) is 6.80. The number of aryl methyl sites for hydroxylation is 1. The number of hydrogen-bond acceptors (Lipinski definition) is 6. The van der Waals surface area contributed by atoms with Crippen molar-refractivity contribution in [3.05, 3.63) is 48.2 Å². The number of hydrogen-bond donors (Lipinski definition) is 0.